The van der Waals surface area contributed by atoms with Crippen molar-refractivity contribution in [3.63, 3.8) is 0 Å². The van der Waals surface area contributed by atoms with Gasteiger partial charge in [0, 0.05) is 21.9 Å². The van der Waals surface area contributed by atoms with Crippen molar-refractivity contribution in [3.8, 4) is 0 Å². The zero-order chi connectivity index (χ0) is 21.1. The fourth-order valence-corrected chi connectivity index (χ4v) is 5.84. The highest BCUT2D eigenvalue weighted by Gasteiger charge is 2.25. The highest BCUT2D eigenvalue weighted by molar-refractivity contribution is 8.04. The second-order valence-corrected chi connectivity index (χ2v) is 10.4. The molecular formula is C22H19NO4S3. The van der Waals surface area contributed by atoms with Crippen molar-refractivity contribution in [2.45, 2.75) is 16.2 Å². The predicted octanol–water partition coefficient (Wildman–Crippen LogP) is 5.15. The maximum absolute atomic E-state index is 12.4. The Balaban J connectivity index is 1.48. The molecule has 1 N–H and O–H groups in total. The minimum Gasteiger partial charge on any atom is -0.335 e. The number of carbonyl (C=O) groups is 1. The second kappa shape index (κ2) is 8.85. The maximum atomic E-state index is 12.4. The lowest BCUT2D eigenvalue weighted by Crippen LogP contribution is -2.21. The first kappa shape index (κ1) is 21.0. The van der Waals surface area contributed by atoms with Crippen LogP contribution in [-0.4, -0.2) is 31.1 Å². The minimum atomic E-state index is -3.98. The van der Waals surface area contributed by atoms with Gasteiger partial charge in [0.2, 0.25) is 5.78 Å². The summed E-state index contributed by atoms with van der Waals surface area (Å²) in [5, 5.41) is 0.967. The van der Waals surface area contributed by atoms with Gasteiger partial charge in [-0.2, -0.15) is 8.42 Å². The van der Waals surface area contributed by atoms with Gasteiger partial charge in [0.05, 0.1) is 21.4 Å². The molecule has 0 unspecified atom stereocenters. The summed E-state index contributed by atoms with van der Waals surface area (Å²) in [6.45, 7) is 0.480. The lowest BCUT2D eigenvalue weighted by atomic mass is 10.1. The smallest absolute Gasteiger partial charge is 0.264 e. The van der Waals surface area contributed by atoms with E-state index < -0.39 is 10.1 Å². The van der Waals surface area contributed by atoms with Gasteiger partial charge >= 0.3 is 0 Å². The van der Waals surface area contributed by atoms with Crippen LogP contribution in [0, 0.1) is 0 Å². The van der Waals surface area contributed by atoms with Gasteiger partial charge in [-0.1, -0.05) is 59.9 Å². The van der Waals surface area contributed by atoms with E-state index in [1.54, 1.807) is 11.8 Å². The standard InChI is InChI=1S/C22H19NO4S3/c24-22-16-8-1-3-10-18(16)28-20(22)12-5-6-13-21-23(14-7-15-30(25,26)27)17-9-2-4-11-19(17)29-21/h1-6,8-13H,7,14-15H2,(H,25,26,27)/b6-5+,20-12-,21-13-. The van der Waals surface area contributed by atoms with Crippen LogP contribution in [0.2, 0.25) is 0 Å². The fourth-order valence-electron chi connectivity index (χ4n) is 3.24. The van der Waals surface area contributed by atoms with Gasteiger partial charge in [0.1, 0.15) is 0 Å². The summed E-state index contributed by atoms with van der Waals surface area (Å²) in [5.41, 5.74) is 1.76. The number of carbonyl (C=O) groups excluding carboxylic acids is 1. The average Bonchev–Trinajstić information content (AvgIpc) is 3.22. The predicted molar refractivity (Wildman–Crippen MR) is 123 cm³/mol. The Kier molecular flexibility index (Phi) is 6.19. The molecule has 2 aromatic rings. The van der Waals surface area contributed by atoms with Crippen molar-refractivity contribution >= 4 is 45.1 Å². The lowest BCUT2D eigenvalue weighted by Gasteiger charge is -2.19. The lowest BCUT2D eigenvalue weighted by molar-refractivity contribution is 0.104. The number of hydrogen-bond donors (Lipinski definition) is 1. The second-order valence-electron chi connectivity index (χ2n) is 6.71. The molecule has 0 bridgehead atoms. The number of benzene rings is 2. The molecule has 4 rings (SSSR count). The SMILES string of the molecule is O=C1/C(=C/C=C/C=C2\Sc3ccccc3N2CCCS(=O)(=O)O)Sc2ccccc21. The Morgan fingerprint density at radius 2 is 1.63 bits per heavy atom. The van der Waals surface area contributed by atoms with Crippen LogP contribution in [0.5, 0.6) is 0 Å². The van der Waals surface area contributed by atoms with Crippen molar-refractivity contribution < 1.29 is 17.8 Å². The zero-order valence-electron chi connectivity index (χ0n) is 15.9. The number of thioether (sulfide) groups is 2. The van der Waals surface area contributed by atoms with Crippen molar-refractivity contribution in [1.29, 1.82) is 0 Å². The Morgan fingerprint density at radius 3 is 2.40 bits per heavy atom. The van der Waals surface area contributed by atoms with Crippen LogP contribution >= 0.6 is 23.5 Å². The molecule has 154 valence electrons. The Bertz CT molecular complexity index is 1180. The number of Topliss-reactive ketones (excluding diaryl/α,β-unsaturated/α-hetero) is 1. The molecule has 0 spiro atoms. The van der Waals surface area contributed by atoms with Gasteiger partial charge in [0.25, 0.3) is 10.1 Å². The van der Waals surface area contributed by atoms with Crippen LogP contribution in [0.25, 0.3) is 0 Å². The van der Waals surface area contributed by atoms with Gasteiger partial charge in [-0.15, -0.1) is 0 Å². The molecule has 2 heterocycles. The normalized spacial score (nSPS) is 18.6. The summed E-state index contributed by atoms with van der Waals surface area (Å²) >= 11 is 3.08. The number of fused-ring (bicyclic) bond motifs is 2. The van der Waals surface area contributed by atoms with Crippen LogP contribution in [-0.2, 0) is 10.1 Å². The van der Waals surface area contributed by atoms with Crippen molar-refractivity contribution in [2.75, 3.05) is 17.2 Å². The Hall–Kier alpha value is -2.26. The number of nitrogens with zero attached hydrogens (tertiary/aromatic N) is 1. The van der Waals surface area contributed by atoms with E-state index in [0.717, 1.165) is 26.1 Å². The maximum Gasteiger partial charge on any atom is 0.264 e. The van der Waals surface area contributed by atoms with E-state index in [1.807, 2.05) is 77.7 Å². The monoisotopic (exact) mass is 457 g/mol. The van der Waals surface area contributed by atoms with Gasteiger partial charge in [-0.05, 0) is 42.8 Å². The third-order valence-corrected chi connectivity index (χ3v) is 7.65. The molecule has 0 saturated heterocycles. The topological polar surface area (TPSA) is 74.7 Å². The first-order valence-corrected chi connectivity index (χ1v) is 12.6. The summed E-state index contributed by atoms with van der Waals surface area (Å²) < 4.78 is 31.1. The van der Waals surface area contributed by atoms with E-state index in [0.29, 0.717) is 17.9 Å². The summed E-state index contributed by atoms with van der Waals surface area (Å²) in [6, 6.07) is 15.5. The van der Waals surface area contributed by atoms with Crippen LogP contribution in [0.1, 0.15) is 16.8 Å². The molecule has 0 aliphatic carbocycles. The Morgan fingerprint density at radius 1 is 0.933 bits per heavy atom. The summed E-state index contributed by atoms with van der Waals surface area (Å²) in [4.78, 5) is 17.2. The molecule has 0 atom stereocenters. The summed E-state index contributed by atoms with van der Waals surface area (Å²) in [6.07, 6.45) is 7.82. The molecule has 5 nitrogen and oxygen atoms in total. The molecule has 2 aromatic carbocycles. The summed E-state index contributed by atoms with van der Waals surface area (Å²) in [7, 11) is -3.98. The summed E-state index contributed by atoms with van der Waals surface area (Å²) in [5.74, 6) is -0.228. The van der Waals surface area contributed by atoms with E-state index >= 15 is 0 Å². The van der Waals surface area contributed by atoms with Crippen LogP contribution < -0.4 is 4.90 Å². The number of anilines is 1. The minimum absolute atomic E-state index is 0.0439. The molecule has 2 aliphatic rings. The van der Waals surface area contributed by atoms with Crippen molar-refractivity contribution in [2.24, 2.45) is 0 Å². The van der Waals surface area contributed by atoms with Gasteiger partial charge in [0.15, 0.2) is 0 Å². The van der Waals surface area contributed by atoms with E-state index in [4.69, 9.17) is 4.55 Å². The largest absolute Gasteiger partial charge is 0.335 e. The molecule has 0 fully saturated rings. The highest BCUT2D eigenvalue weighted by Crippen LogP contribution is 2.45. The first-order chi connectivity index (χ1) is 14.4. The molecule has 2 aliphatic heterocycles. The molecule has 0 amide bonds. The van der Waals surface area contributed by atoms with Gasteiger partial charge in [-0.3, -0.25) is 9.35 Å². The molecule has 8 heteroatoms. The average molecular weight is 458 g/mol. The van der Waals surface area contributed by atoms with Crippen LogP contribution in [0.3, 0.4) is 0 Å². The van der Waals surface area contributed by atoms with E-state index in [-0.39, 0.29) is 11.5 Å². The molecule has 0 aromatic heterocycles. The van der Waals surface area contributed by atoms with E-state index in [1.165, 1.54) is 11.8 Å². The van der Waals surface area contributed by atoms with Crippen molar-refractivity contribution in [3.05, 3.63) is 88.3 Å². The highest BCUT2D eigenvalue weighted by atomic mass is 32.2. The number of ketones is 1. The number of hydrogen-bond acceptors (Lipinski definition) is 6. The van der Waals surface area contributed by atoms with Crippen LogP contribution in [0.4, 0.5) is 5.69 Å². The number of allylic oxidation sites excluding steroid dienone is 5. The first-order valence-electron chi connectivity index (χ1n) is 9.32. The quantitative estimate of drug-likeness (QED) is 0.475. The molecular weight excluding hydrogens is 438 g/mol. The Labute approximate surface area is 184 Å². The van der Waals surface area contributed by atoms with Gasteiger partial charge < -0.3 is 4.90 Å². The fraction of sp³-hybridized carbons (Fsp3) is 0.136. The van der Waals surface area contributed by atoms with Crippen LogP contribution in [0.15, 0.2) is 92.6 Å². The van der Waals surface area contributed by atoms with E-state index in [2.05, 4.69) is 0 Å². The van der Waals surface area contributed by atoms with E-state index in [9.17, 15) is 13.2 Å². The number of rotatable bonds is 6. The molecule has 0 saturated carbocycles. The third kappa shape index (κ3) is 4.73. The molecule has 0 radical (unpaired) electrons. The van der Waals surface area contributed by atoms with Gasteiger partial charge in [-0.25, -0.2) is 0 Å². The zero-order valence-corrected chi connectivity index (χ0v) is 18.3. The molecule has 30 heavy (non-hydrogen) atoms. The van der Waals surface area contributed by atoms with Crippen molar-refractivity contribution in [1.82, 2.24) is 0 Å². The third-order valence-electron chi connectivity index (χ3n) is 4.59. The number of para-hydroxylation sites is 1.